The third-order valence-corrected chi connectivity index (χ3v) is 6.89. The molecule has 5 aromatic carbocycles. The number of benzene rings is 5. The normalized spacial score (nSPS) is 11.3. The summed E-state index contributed by atoms with van der Waals surface area (Å²) >= 11 is 0. The molecule has 0 aliphatic carbocycles. The summed E-state index contributed by atoms with van der Waals surface area (Å²) in [6, 6.07) is 38.6. The Labute approximate surface area is 222 Å². The number of nitro benzene ring substituents is 1. The zero-order valence-electron chi connectivity index (χ0n) is 20.6. The first-order chi connectivity index (χ1) is 19.2. The van der Waals surface area contributed by atoms with Crippen molar-refractivity contribution in [2.24, 2.45) is 0 Å². The zero-order valence-corrected chi connectivity index (χ0v) is 20.6. The number of para-hydroxylation sites is 4. The molecule has 0 radical (unpaired) electrons. The van der Waals surface area contributed by atoms with Gasteiger partial charge in [-0.1, -0.05) is 72.8 Å². The lowest BCUT2D eigenvalue weighted by molar-refractivity contribution is -0.384. The molecule has 2 aromatic heterocycles. The number of hydrogen-bond acceptors (Lipinski definition) is 5. The van der Waals surface area contributed by atoms with Crippen LogP contribution in [-0.4, -0.2) is 19.7 Å². The van der Waals surface area contributed by atoms with Gasteiger partial charge < -0.3 is 8.98 Å². The van der Waals surface area contributed by atoms with Crippen LogP contribution in [-0.2, 0) is 0 Å². The van der Waals surface area contributed by atoms with Gasteiger partial charge in [-0.2, -0.15) is 0 Å². The van der Waals surface area contributed by atoms with Crippen LogP contribution in [0.5, 0.6) is 0 Å². The van der Waals surface area contributed by atoms with Crippen molar-refractivity contribution in [3.8, 4) is 39.7 Å². The molecule has 0 amide bonds. The highest BCUT2D eigenvalue weighted by molar-refractivity contribution is 6.13. The SMILES string of the molecule is O=[N+]([O-])c1ccccc1-c1cccc(-c2nnc(-c3cccc4c5ccccc5n(-c5ccccc5)c34)o2)c1. The molecule has 0 aliphatic rings. The minimum absolute atomic E-state index is 0.0429. The molecule has 0 aliphatic heterocycles. The van der Waals surface area contributed by atoms with Crippen LogP contribution < -0.4 is 0 Å². The summed E-state index contributed by atoms with van der Waals surface area (Å²) < 4.78 is 8.47. The topological polar surface area (TPSA) is 87.0 Å². The smallest absolute Gasteiger partial charge is 0.277 e. The summed E-state index contributed by atoms with van der Waals surface area (Å²) in [4.78, 5) is 11.2. The van der Waals surface area contributed by atoms with Crippen LogP contribution in [0.25, 0.3) is 61.5 Å². The lowest BCUT2D eigenvalue weighted by Crippen LogP contribution is -1.95. The van der Waals surface area contributed by atoms with Crippen LogP contribution in [0.2, 0.25) is 0 Å². The highest BCUT2D eigenvalue weighted by Gasteiger charge is 2.20. The quantitative estimate of drug-likeness (QED) is 0.173. The van der Waals surface area contributed by atoms with Crippen LogP contribution in [0.15, 0.2) is 126 Å². The number of fused-ring (bicyclic) bond motifs is 3. The first kappa shape index (κ1) is 22.6. The van der Waals surface area contributed by atoms with Gasteiger partial charge in [0.15, 0.2) is 0 Å². The molecule has 0 atom stereocenters. The average molecular weight is 509 g/mol. The Morgan fingerprint density at radius 3 is 2.18 bits per heavy atom. The van der Waals surface area contributed by atoms with E-state index in [-0.39, 0.29) is 10.6 Å². The van der Waals surface area contributed by atoms with Crippen LogP contribution >= 0.6 is 0 Å². The first-order valence-electron chi connectivity index (χ1n) is 12.4. The molecular formula is C32H20N4O3. The third kappa shape index (κ3) is 3.76. The third-order valence-electron chi connectivity index (χ3n) is 6.89. The lowest BCUT2D eigenvalue weighted by Gasteiger charge is -2.09. The van der Waals surface area contributed by atoms with Crippen molar-refractivity contribution >= 4 is 27.5 Å². The molecule has 0 spiro atoms. The molecule has 7 aromatic rings. The van der Waals surface area contributed by atoms with Gasteiger partial charge in [-0.3, -0.25) is 10.1 Å². The molecule has 7 nitrogen and oxygen atoms in total. The van der Waals surface area contributed by atoms with Crippen molar-refractivity contribution in [2.75, 3.05) is 0 Å². The Bertz CT molecular complexity index is 2010. The maximum absolute atomic E-state index is 11.6. The van der Waals surface area contributed by atoms with Gasteiger partial charge in [0.2, 0.25) is 11.8 Å². The predicted molar refractivity (Wildman–Crippen MR) is 152 cm³/mol. The van der Waals surface area contributed by atoms with E-state index in [2.05, 4.69) is 45.1 Å². The highest BCUT2D eigenvalue weighted by Crippen LogP contribution is 2.38. The largest absolute Gasteiger partial charge is 0.416 e. The fourth-order valence-electron chi connectivity index (χ4n) is 5.18. The van der Waals surface area contributed by atoms with Crippen LogP contribution in [0.4, 0.5) is 5.69 Å². The minimum atomic E-state index is -0.376. The summed E-state index contributed by atoms with van der Waals surface area (Å²) in [7, 11) is 0. The second-order valence-electron chi connectivity index (χ2n) is 9.16. The van der Waals surface area contributed by atoms with Crippen LogP contribution in [0.1, 0.15) is 0 Å². The van der Waals surface area contributed by atoms with E-state index in [1.165, 1.54) is 6.07 Å². The summed E-state index contributed by atoms with van der Waals surface area (Å²) in [5.41, 5.74) is 5.87. The van der Waals surface area contributed by atoms with Gasteiger partial charge >= 0.3 is 0 Å². The minimum Gasteiger partial charge on any atom is -0.416 e. The Balaban J connectivity index is 1.38. The molecule has 7 rings (SSSR count). The fraction of sp³-hybridized carbons (Fsp3) is 0. The number of nitro groups is 1. The van der Waals surface area contributed by atoms with Crippen molar-refractivity contribution in [1.29, 1.82) is 0 Å². The second kappa shape index (κ2) is 9.08. The molecule has 39 heavy (non-hydrogen) atoms. The summed E-state index contributed by atoms with van der Waals surface area (Å²) in [6.45, 7) is 0. The Morgan fingerprint density at radius 1 is 0.641 bits per heavy atom. The van der Waals surface area contributed by atoms with E-state index in [0.717, 1.165) is 33.1 Å². The number of rotatable bonds is 5. The molecule has 2 heterocycles. The summed E-state index contributed by atoms with van der Waals surface area (Å²) in [6.07, 6.45) is 0. The standard InChI is InChI=1S/C32H20N4O3/c37-36(38)29-19-7-4-14-24(29)21-10-8-11-22(20-21)31-33-34-32(39-31)27-17-9-16-26-25-15-5-6-18-28(25)35(30(26)27)23-12-2-1-3-13-23/h1-20H. The van der Waals surface area contributed by atoms with Gasteiger partial charge in [-0.05, 0) is 48.0 Å². The molecule has 0 fully saturated rings. The molecular weight excluding hydrogens is 488 g/mol. The van der Waals surface area contributed by atoms with Gasteiger partial charge in [-0.25, -0.2) is 0 Å². The van der Waals surface area contributed by atoms with E-state index >= 15 is 0 Å². The Morgan fingerprint density at radius 2 is 1.31 bits per heavy atom. The van der Waals surface area contributed by atoms with Crippen LogP contribution in [0.3, 0.4) is 0 Å². The Kier molecular flexibility index (Phi) is 5.26. The number of nitrogens with zero attached hydrogens (tertiary/aromatic N) is 4. The van der Waals surface area contributed by atoms with Crippen molar-refractivity contribution in [3.05, 3.63) is 131 Å². The fourth-order valence-corrected chi connectivity index (χ4v) is 5.18. The Hall–Kier alpha value is -5.56. The average Bonchev–Trinajstić information content (AvgIpc) is 3.61. The first-order valence-corrected chi connectivity index (χ1v) is 12.4. The van der Waals surface area contributed by atoms with E-state index < -0.39 is 0 Å². The molecule has 0 unspecified atom stereocenters. The van der Waals surface area contributed by atoms with Gasteiger partial charge in [0, 0.05) is 28.1 Å². The lowest BCUT2D eigenvalue weighted by atomic mass is 10.0. The van der Waals surface area contributed by atoms with Crippen molar-refractivity contribution in [3.63, 3.8) is 0 Å². The molecule has 0 N–H and O–H groups in total. The van der Waals surface area contributed by atoms with E-state index in [1.807, 2.05) is 66.7 Å². The van der Waals surface area contributed by atoms with Crippen molar-refractivity contribution in [2.45, 2.75) is 0 Å². The van der Waals surface area contributed by atoms with Crippen molar-refractivity contribution in [1.82, 2.24) is 14.8 Å². The summed E-state index contributed by atoms with van der Waals surface area (Å²) in [5, 5.41) is 22.6. The van der Waals surface area contributed by atoms with Gasteiger partial charge in [0.1, 0.15) is 0 Å². The van der Waals surface area contributed by atoms with Gasteiger partial charge in [0.05, 0.1) is 27.1 Å². The van der Waals surface area contributed by atoms with E-state index in [0.29, 0.717) is 28.5 Å². The van der Waals surface area contributed by atoms with E-state index in [4.69, 9.17) is 4.42 Å². The number of aromatic nitrogens is 3. The zero-order chi connectivity index (χ0) is 26.3. The highest BCUT2D eigenvalue weighted by atomic mass is 16.6. The molecule has 0 saturated heterocycles. The maximum atomic E-state index is 11.6. The van der Waals surface area contributed by atoms with E-state index in [9.17, 15) is 10.1 Å². The maximum Gasteiger partial charge on any atom is 0.277 e. The molecule has 7 heteroatoms. The predicted octanol–water partition coefficient (Wildman–Crippen LogP) is 8.08. The molecule has 0 saturated carbocycles. The monoisotopic (exact) mass is 508 g/mol. The summed E-state index contributed by atoms with van der Waals surface area (Å²) in [5.74, 6) is 0.733. The molecule has 0 bridgehead atoms. The molecule has 186 valence electrons. The van der Waals surface area contributed by atoms with Gasteiger partial charge in [0.25, 0.3) is 5.69 Å². The van der Waals surface area contributed by atoms with Crippen molar-refractivity contribution < 1.29 is 9.34 Å². The van der Waals surface area contributed by atoms with Crippen LogP contribution in [0, 0.1) is 10.1 Å². The van der Waals surface area contributed by atoms with E-state index in [1.54, 1.807) is 18.2 Å². The second-order valence-corrected chi connectivity index (χ2v) is 9.16. The number of hydrogen-bond donors (Lipinski definition) is 0. The van der Waals surface area contributed by atoms with Gasteiger partial charge in [-0.15, -0.1) is 10.2 Å².